The zero-order chi connectivity index (χ0) is 9.61. The van der Waals surface area contributed by atoms with Crippen molar-refractivity contribution in [3.8, 4) is 0 Å². The van der Waals surface area contributed by atoms with Crippen LogP contribution in [0.5, 0.6) is 0 Å². The van der Waals surface area contributed by atoms with Crippen LogP contribution in [-0.2, 0) is 9.53 Å². The molecule has 0 saturated heterocycles. The van der Waals surface area contributed by atoms with Gasteiger partial charge in [0.25, 0.3) is 0 Å². The Bertz CT molecular complexity index is 148. The fourth-order valence-electron chi connectivity index (χ4n) is 0.574. The van der Waals surface area contributed by atoms with Crippen LogP contribution in [0.1, 0.15) is 20.3 Å². The van der Waals surface area contributed by atoms with Crippen LogP contribution in [0.2, 0.25) is 0 Å². The van der Waals surface area contributed by atoms with Gasteiger partial charge in [-0.15, -0.1) is 0 Å². The lowest BCUT2D eigenvalue weighted by atomic mass is 10.1. The molecule has 0 aliphatic rings. The SMILES string of the molecule is COC(C)(C)CNC(=O)CCS. The fourth-order valence-corrected chi connectivity index (χ4v) is 0.777. The summed E-state index contributed by atoms with van der Waals surface area (Å²) in [6.45, 7) is 4.39. The summed E-state index contributed by atoms with van der Waals surface area (Å²) in [6, 6.07) is 0. The van der Waals surface area contributed by atoms with Crippen molar-refractivity contribution in [1.82, 2.24) is 5.32 Å². The van der Waals surface area contributed by atoms with Gasteiger partial charge in [0, 0.05) is 20.1 Å². The maximum Gasteiger partial charge on any atom is 0.220 e. The second kappa shape index (κ2) is 5.43. The molecule has 4 heteroatoms. The average molecular weight is 191 g/mol. The van der Waals surface area contributed by atoms with Crippen LogP contribution >= 0.6 is 12.6 Å². The van der Waals surface area contributed by atoms with E-state index in [0.29, 0.717) is 18.7 Å². The summed E-state index contributed by atoms with van der Waals surface area (Å²) in [5, 5.41) is 2.76. The first-order valence-corrected chi connectivity index (χ1v) is 4.58. The number of hydrogen-bond acceptors (Lipinski definition) is 3. The van der Waals surface area contributed by atoms with E-state index < -0.39 is 0 Å². The summed E-state index contributed by atoms with van der Waals surface area (Å²) < 4.78 is 5.13. The molecule has 0 bridgehead atoms. The number of methoxy groups -OCH3 is 1. The number of ether oxygens (including phenoxy) is 1. The third-order valence-electron chi connectivity index (χ3n) is 1.60. The number of hydrogen-bond donors (Lipinski definition) is 2. The van der Waals surface area contributed by atoms with Crippen molar-refractivity contribution >= 4 is 18.5 Å². The minimum absolute atomic E-state index is 0.0233. The minimum Gasteiger partial charge on any atom is -0.377 e. The summed E-state index contributed by atoms with van der Waals surface area (Å²) >= 11 is 3.96. The molecule has 12 heavy (non-hydrogen) atoms. The Kier molecular flexibility index (Phi) is 5.33. The molecule has 1 N–H and O–H groups in total. The molecular weight excluding hydrogens is 174 g/mol. The van der Waals surface area contributed by atoms with E-state index in [1.165, 1.54) is 0 Å². The van der Waals surface area contributed by atoms with E-state index in [2.05, 4.69) is 17.9 Å². The van der Waals surface area contributed by atoms with Gasteiger partial charge in [-0.05, 0) is 19.6 Å². The van der Waals surface area contributed by atoms with Gasteiger partial charge in [0.15, 0.2) is 0 Å². The first-order valence-electron chi connectivity index (χ1n) is 3.94. The summed E-state index contributed by atoms with van der Waals surface area (Å²) in [5.41, 5.74) is -0.285. The Hall–Kier alpha value is -0.220. The molecule has 0 rings (SSSR count). The number of carbonyl (C=O) groups is 1. The second-order valence-electron chi connectivity index (χ2n) is 3.21. The van der Waals surface area contributed by atoms with E-state index in [0.717, 1.165) is 0 Å². The van der Waals surface area contributed by atoms with Crippen molar-refractivity contribution in [1.29, 1.82) is 0 Å². The third kappa shape index (κ3) is 5.43. The first-order chi connectivity index (χ1) is 5.52. The maximum atomic E-state index is 11.0. The lowest BCUT2D eigenvalue weighted by Gasteiger charge is -2.22. The second-order valence-corrected chi connectivity index (χ2v) is 3.66. The Balaban J connectivity index is 3.60. The van der Waals surface area contributed by atoms with Crippen LogP contribution < -0.4 is 5.32 Å². The maximum absolute atomic E-state index is 11.0. The van der Waals surface area contributed by atoms with Gasteiger partial charge < -0.3 is 10.1 Å². The molecule has 0 spiro atoms. The van der Waals surface area contributed by atoms with E-state index in [-0.39, 0.29) is 11.5 Å². The number of nitrogens with one attached hydrogen (secondary N) is 1. The average Bonchev–Trinajstić information content (AvgIpc) is 2.02. The smallest absolute Gasteiger partial charge is 0.220 e. The van der Waals surface area contributed by atoms with Gasteiger partial charge >= 0.3 is 0 Å². The van der Waals surface area contributed by atoms with Crippen LogP contribution in [0.4, 0.5) is 0 Å². The van der Waals surface area contributed by atoms with Gasteiger partial charge in [-0.1, -0.05) is 0 Å². The van der Waals surface area contributed by atoms with Crippen LogP contribution in [-0.4, -0.2) is 30.9 Å². The summed E-state index contributed by atoms with van der Waals surface area (Å²) in [7, 11) is 1.63. The fraction of sp³-hybridized carbons (Fsp3) is 0.875. The molecule has 0 atom stereocenters. The molecule has 1 amide bonds. The van der Waals surface area contributed by atoms with E-state index in [9.17, 15) is 4.79 Å². The van der Waals surface area contributed by atoms with Crippen molar-refractivity contribution < 1.29 is 9.53 Å². The van der Waals surface area contributed by atoms with Gasteiger partial charge in [-0.3, -0.25) is 4.79 Å². The summed E-state index contributed by atoms with van der Waals surface area (Å²) in [5.74, 6) is 0.606. The van der Waals surface area contributed by atoms with Gasteiger partial charge in [-0.2, -0.15) is 12.6 Å². The van der Waals surface area contributed by atoms with Gasteiger partial charge in [-0.25, -0.2) is 0 Å². The number of thiol groups is 1. The summed E-state index contributed by atoms with van der Waals surface area (Å²) in [4.78, 5) is 11.0. The van der Waals surface area contributed by atoms with Gasteiger partial charge in [0.05, 0.1) is 5.60 Å². The quantitative estimate of drug-likeness (QED) is 0.632. The molecule has 0 unspecified atom stereocenters. The molecule has 0 aromatic carbocycles. The largest absolute Gasteiger partial charge is 0.377 e. The topological polar surface area (TPSA) is 38.3 Å². The highest BCUT2D eigenvalue weighted by molar-refractivity contribution is 7.80. The van der Waals surface area contributed by atoms with E-state index in [4.69, 9.17) is 4.74 Å². The molecular formula is C8H17NO2S. The minimum atomic E-state index is -0.285. The lowest BCUT2D eigenvalue weighted by molar-refractivity contribution is -0.121. The van der Waals surface area contributed by atoms with E-state index in [1.54, 1.807) is 7.11 Å². The zero-order valence-electron chi connectivity index (χ0n) is 7.89. The molecule has 0 aromatic rings. The standard InChI is InChI=1S/C8H17NO2S/c1-8(2,11-3)6-9-7(10)4-5-12/h12H,4-6H2,1-3H3,(H,9,10). The molecule has 0 fully saturated rings. The predicted octanol–water partition coefficient (Wildman–Crippen LogP) is 0.847. The van der Waals surface area contributed by atoms with Crippen LogP contribution in [0.15, 0.2) is 0 Å². The van der Waals surface area contributed by atoms with Gasteiger partial charge in [0.1, 0.15) is 0 Å². The van der Waals surface area contributed by atoms with E-state index in [1.807, 2.05) is 13.8 Å². The first kappa shape index (κ1) is 11.8. The van der Waals surface area contributed by atoms with Crippen LogP contribution in [0.25, 0.3) is 0 Å². The zero-order valence-corrected chi connectivity index (χ0v) is 8.78. The Morgan fingerprint density at radius 1 is 1.58 bits per heavy atom. The molecule has 0 radical (unpaired) electrons. The summed E-state index contributed by atoms with van der Waals surface area (Å²) in [6.07, 6.45) is 0.461. The molecule has 3 nitrogen and oxygen atoms in total. The van der Waals surface area contributed by atoms with Crippen molar-refractivity contribution in [2.45, 2.75) is 25.9 Å². The van der Waals surface area contributed by atoms with E-state index >= 15 is 0 Å². The molecule has 0 aliphatic carbocycles. The highest BCUT2D eigenvalue weighted by Gasteiger charge is 2.16. The normalized spacial score (nSPS) is 11.3. The lowest BCUT2D eigenvalue weighted by Crippen LogP contribution is -2.39. The molecule has 0 saturated carbocycles. The van der Waals surface area contributed by atoms with Crippen molar-refractivity contribution in [3.63, 3.8) is 0 Å². The van der Waals surface area contributed by atoms with Crippen LogP contribution in [0.3, 0.4) is 0 Å². The Morgan fingerprint density at radius 3 is 2.58 bits per heavy atom. The van der Waals surface area contributed by atoms with Crippen LogP contribution in [0, 0.1) is 0 Å². The Morgan fingerprint density at radius 2 is 2.17 bits per heavy atom. The number of carbonyl (C=O) groups excluding carboxylic acids is 1. The molecule has 0 heterocycles. The van der Waals surface area contributed by atoms with Gasteiger partial charge in [0.2, 0.25) is 5.91 Å². The number of rotatable bonds is 5. The Labute approximate surface area is 79.3 Å². The predicted molar refractivity (Wildman–Crippen MR) is 52.6 cm³/mol. The molecule has 72 valence electrons. The number of amides is 1. The van der Waals surface area contributed by atoms with Crippen molar-refractivity contribution in [2.24, 2.45) is 0 Å². The highest BCUT2D eigenvalue weighted by atomic mass is 32.1. The highest BCUT2D eigenvalue weighted by Crippen LogP contribution is 2.04. The van der Waals surface area contributed by atoms with Crippen molar-refractivity contribution in [3.05, 3.63) is 0 Å². The molecule has 0 aliphatic heterocycles. The molecule has 0 aromatic heterocycles. The third-order valence-corrected chi connectivity index (χ3v) is 1.83. The monoisotopic (exact) mass is 191 g/mol. The van der Waals surface area contributed by atoms with Crippen molar-refractivity contribution in [2.75, 3.05) is 19.4 Å².